The quantitative estimate of drug-likeness (QED) is 0.360. The van der Waals surface area contributed by atoms with E-state index in [4.69, 9.17) is 9.47 Å². The van der Waals surface area contributed by atoms with Crippen LogP contribution in [0.4, 0.5) is 0 Å². The number of halogens is 1. The Labute approximate surface area is 119 Å². The zero-order chi connectivity index (χ0) is 13.3. The summed E-state index contributed by atoms with van der Waals surface area (Å²) in [6, 6.07) is 5.18. The maximum Gasteiger partial charge on any atom is 0.327 e. The summed E-state index contributed by atoms with van der Waals surface area (Å²) < 4.78 is 9.82. The van der Waals surface area contributed by atoms with Crippen LogP contribution in [0.25, 0.3) is 0 Å². The molecule has 2 rings (SSSR count). The highest BCUT2D eigenvalue weighted by Gasteiger charge is 2.32. The summed E-state index contributed by atoms with van der Waals surface area (Å²) in [6.45, 7) is 3.73. The lowest BCUT2D eigenvalue weighted by atomic mass is 10.1. The van der Waals surface area contributed by atoms with Gasteiger partial charge in [0.05, 0.1) is 6.42 Å². The number of esters is 2. The zero-order valence-corrected chi connectivity index (χ0v) is 12.3. The first kappa shape index (κ1) is 13.3. The maximum absolute atomic E-state index is 12.0. The van der Waals surface area contributed by atoms with Crippen LogP contribution in [-0.2, 0) is 16.0 Å². The van der Waals surface area contributed by atoms with Crippen LogP contribution in [0.15, 0.2) is 18.2 Å². The smallest absolute Gasteiger partial charge is 0.327 e. The van der Waals surface area contributed by atoms with Crippen LogP contribution in [-0.4, -0.2) is 15.4 Å². The predicted octanol–water partition coefficient (Wildman–Crippen LogP) is 2.66. The molecule has 1 aromatic carbocycles. The first-order chi connectivity index (χ1) is 8.44. The van der Waals surface area contributed by atoms with Gasteiger partial charge >= 0.3 is 11.9 Å². The standard InChI is InChI=1S/C13H13IO4/c1-3-13(2,14)12(16)17-9-6-4-5-8-7-10(15)18-11(8)9/h4-6H,3,7H2,1-2H3. The molecule has 1 aliphatic rings. The average Bonchev–Trinajstić information content (AvgIpc) is 2.70. The van der Waals surface area contributed by atoms with Gasteiger partial charge in [-0.25, -0.2) is 0 Å². The molecule has 0 aliphatic carbocycles. The van der Waals surface area contributed by atoms with Gasteiger partial charge in [-0.05, 0) is 19.4 Å². The normalized spacial score (nSPS) is 16.7. The molecule has 4 nitrogen and oxygen atoms in total. The molecule has 0 saturated heterocycles. The summed E-state index contributed by atoms with van der Waals surface area (Å²) in [5.41, 5.74) is 0.761. The molecular weight excluding hydrogens is 347 g/mol. The van der Waals surface area contributed by atoms with Gasteiger partial charge in [0.15, 0.2) is 11.5 Å². The number of para-hydroxylation sites is 1. The largest absolute Gasteiger partial charge is 0.422 e. The topological polar surface area (TPSA) is 52.6 Å². The molecule has 1 aliphatic heterocycles. The van der Waals surface area contributed by atoms with Crippen molar-refractivity contribution < 1.29 is 19.1 Å². The van der Waals surface area contributed by atoms with Crippen LogP contribution in [0.2, 0.25) is 0 Å². The lowest BCUT2D eigenvalue weighted by Gasteiger charge is -2.18. The van der Waals surface area contributed by atoms with E-state index in [1.54, 1.807) is 18.2 Å². The summed E-state index contributed by atoms with van der Waals surface area (Å²) >= 11 is 2.06. The summed E-state index contributed by atoms with van der Waals surface area (Å²) in [4.78, 5) is 23.2. The van der Waals surface area contributed by atoms with Gasteiger partial charge in [0.1, 0.15) is 3.42 Å². The number of hydrogen-bond donors (Lipinski definition) is 0. The van der Waals surface area contributed by atoms with Gasteiger partial charge in [-0.3, -0.25) is 9.59 Å². The lowest BCUT2D eigenvalue weighted by molar-refractivity contribution is -0.137. The Morgan fingerprint density at radius 3 is 2.94 bits per heavy atom. The Morgan fingerprint density at radius 1 is 1.56 bits per heavy atom. The highest BCUT2D eigenvalue weighted by Crippen LogP contribution is 2.37. The first-order valence-corrected chi connectivity index (χ1v) is 6.75. The van der Waals surface area contributed by atoms with Gasteiger partial charge in [0, 0.05) is 5.56 Å². The molecule has 0 amide bonds. The van der Waals surface area contributed by atoms with E-state index in [2.05, 4.69) is 22.6 Å². The molecule has 1 aromatic rings. The number of rotatable bonds is 3. The first-order valence-electron chi connectivity index (χ1n) is 5.68. The van der Waals surface area contributed by atoms with Crippen molar-refractivity contribution in [3.05, 3.63) is 23.8 Å². The predicted molar refractivity (Wildman–Crippen MR) is 74.1 cm³/mol. The third-order valence-electron chi connectivity index (χ3n) is 2.90. The van der Waals surface area contributed by atoms with Gasteiger partial charge in [-0.1, -0.05) is 41.6 Å². The van der Waals surface area contributed by atoms with E-state index in [0.29, 0.717) is 17.9 Å². The fourth-order valence-corrected chi connectivity index (χ4v) is 1.66. The van der Waals surface area contributed by atoms with Crippen molar-refractivity contribution in [2.45, 2.75) is 30.1 Å². The number of carbonyl (C=O) groups is 2. The third-order valence-corrected chi connectivity index (χ3v) is 4.11. The van der Waals surface area contributed by atoms with E-state index in [1.165, 1.54) is 0 Å². The second kappa shape index (κ2) is 4.87. The molecular formula is C13H13IO4. The highest BCUT2D eigenvalue weighted by molar-refractivity contribution is 14.1. The number of hydrogen-bond acceptors (Lipinski definition) is 4. The number of carbonyl (C=O) groups excluding carboxylic acids is 2. The van der Waals surface area contributed by atoms with Gasteiger partial charge in [-0.2, -0.15) is 0 Å². The molecule has 0 saturated carbocycles. The van der Waals surface area contributed by atoms with Crippen molar-refractivity contribution in [3.63, 3.8) is 0 Å². The average molecular weight is 360 g/mol. The Bertz CT molecular complexity index is 508. The zero-order valence-electron chi connectivity index (χ0n) is 10.2. The summed E-state index contributed by atoms with van der Waals surface area (Å²) in [5, 5.41) is 0. The number of ether oxygens (including phenoxy) is 2. The van der Waals surface area contributed by atoms with E-state index < -0.39 is 3.42 Å². The van der Waals surface area contributed by atoms with Crippen LogP contribution < -0.4 is 9.47 Å². The Kier molecular flexibility index (Phi) is 3.61. The van der Waals surface area contributed by atoms with Crippen LogP contribution in [0.3, 0.4) is 0 Å². The van der Waals surface area contributed by atoms with E-state index in [-0.39, 0.29) is 18.4 Å². The van der Waals surface area contributed by atoms with Crippen molar-refractivity contribution in [1.29, 1.82) is 0 Å². The number of fused-ring (bicyclic) bond motifs is 1. The molecule has 1 atom stereocenters. The Balaban J connectivity index is 2.24. The minimum atomic E-state index is -0.580. The Morgan fingerprint density at radius 2 is 2.28 bits per heavy atom. The van der Waals surface area contributed by atoms with Gasteiger partial charge in [-0.15, -0.1) is 0 Å². The second-order valence-corrected chi connectivity index (χ2v) is 6.72. The molecule has 0 fully saturated rings. The van der Waals surface area contributed by atoms with Crippen LogP contribution in [0.5, 0.6) is 11.5 Å². The molecule has 0 radical (unpaired) electrons. The number of alkyl halides is 1. The highest BCUT2D eigenvalue weighted by atomic mass is 127. The molecule has 1 heterocycles. The molecule has 5 heteroatoms. The van der Waals surface area contributed by atoms with Crippen molar-refractivity contribution in [1.82, 2.24) is 0 Å². The Hall–Kier alpha value is -1.11. The van der Waals surface area contributed by atoms with Crippen LogP contribution in [0, 0.1) is 0 Å². The fraction of sp³-hybridized carbons (Fsp3) is 0.385. The van der Waals surface area contributed by atoms with E-state index >= 15 is 0 Å². The molecule has 18 heavy (non-hydrogen) atoms. The second-order valence-electron chi connectivity index (χ2n) is 4.34. The van der Waals surface area contributed by atoms with Crippen molar-refractivity contribution in [2.75, 3.05) is 0 Å². The lowest BCUT2D eigenvalue weighted by Crippen LogP contribution is -2.31. The van der Waals surface area contributed by atoms with Crippen LogP contribution >= 0.6 is 22.6 Å². The molecule has 0 N–H and O–H groups in total. The van der Waals surface area contributed by atoms with Crippen molar-refractivity contribution in [3.8, 4) is 11.5 Å². The SMILES string of the molecule is CCC(C)(I)C(=O)Oc1cccc2c1OC(=O)C2. The fourth-order valence-electron chi connectivity index (χ4n) is 1.55. The summed E-state index contributed by atoms with van der Waals surface area (Å²) in [5.74, 6) is 0.0435. The monoisotopic (exact) mass is 360 g/mol. The molecule has 96 valence electrons. The van der Waals surface area contributed by atoms with E-state index in [0.717, 1.165) is 5.56 Å². The third kappa shape index (κ3) is 2.50. The molecule has 0 spiro atoms. The summed E-state index contributed by atoms with van der Waals surface area (Å²) in [6.07, 6.45) is 0.900. The molecule has 0 bridgehead atoms. The van der Waals surface area contributed by atoms with E-state index in [9.17, 15) is 9.59 Å². The van der Waals surface area contributed by atoms with E-state index in [1.807, 2.05) is 13.8 Å². The maximum atomic E-state index is 12.0. The minimum Gasteiger partial charge on any atom is -0.422 e. The van der Waals surface area contributed by atoms with Gasteiger partial charge < -0.3 is 9.47 Å². The van der Waals surface area contributed by atoms with Crippen molar-refractivity contribution >= 4 is 34.5 Å². The van der Waals surface area contributed by atoms with Crippen LogP contribution in [0.1, 0.15) is 25.8 Å². The molecule has 1 unspecified atom stereocenters. The summed E-state index contributed by atoms with van der Waals surface area (Å²) in [7, 11) is 0. The molecule has 0 aromatic heterocycles. The van der Waals surface area contributed by atoms with Gasteiger partial charge in [0.2, 0.25) is 0 Å². The number of benzene rings is 1. The minimum absolute atomic E-state index is 0.232. The van der Waals surface area contributed by atoms with Crippen molar-refractivity contribution in [2.24, 2.45) is 0 Å². The van der Waals surface area contributed by atoms with Gasteiger partial charge in [0.25, 0.3) is 0 Å².